The fourth-order valence-corrected chi connectivity index (χ4v) is 3.72. The number of aromatic nitrogens is 2. The van der Waals surface area contributed by atoms with E-state index in [0.29, 0.717) is 11.4 Å². The Morgan fingerprint density at radius 1 is 1.07 bits per heavy atom. The fraction of sp³-hybridized carbons (Fsp3) is 0.286. The molecule has 0 N–H and O–H groups in total. The quantitative estimate of drug-likeness (QED) is 0.577. The minimum Gasteiger partial charge on any atom is -0.341 e. The van der Waals surface area contributed by atoms with Crippen LogP contribution in [-0.4, -0.2) is 33.4 Å². The van der Waals surface area contributed by atoms with E-state index in [-0.39, 0.29) is 24.5 Å². The van der Waals surface area contributed by atoms with Crippen LogP contribution in [0.25, 0.3) is 5.69 Å². The van der Waals surface area contributed by atoms with E-state index in [1.54, 1.807) is 18.0 Å². The molecule has 0 spiro atoms. The van der Waals surface area contributed by atoms with Gasteiger partial charge in [0.15, 0.2) is 5.78 Å². The maximum atomic E-state index is 12.5. The number of hydrogen-bond acceptors (Lipinski definition) is 4. The molecule has 0 unspecified atom stereocenters. The number of amides is 1. The summed E-state index contributed by atoms with van der Waals surface area (Å²) in [6, 6.07) is 13.6. The molecule has 27 heavy (non-hydrogen) atoms. The van der Waals surface area contributed by atoms with Crippen molar-refractivity contribution in [1.82, 2.24) is 14.7 Å². The first-order chi connectivity index (χ1) is 13.0. The summed E-state index contributed by atoms with van der Waals surface area (Å²) >= 11 is 1.41. The van der Waals surface area contributed by atoms with Gasteiger partial charge in [-0.05, 0) is 37.4 Å². The Balaban J connectivity index is 1.65. The van der Waals surface area contributed by atoms with Crippen LogP contribution < -0.4 is 0 Å². The van der Waals surface area contributed by atoms with Gasteiger partial charge in [-0.3, -0.25) is 9.59 Å². The molecule has 2 heterocycles. The smallest absolute Gasteiger partial charge is 0.223 e. The maximum Gasteiger partial charge on any atom is 0.223 e. The topological polar surface area (TPSA) is 55.2 Å². The van der Waals surface area contributed by atoms with Crippen molar-refractivity contribution in [2.24, 2.45) is 0 Å². The van der Waals surface area contributed by atoms with Crippen LogP contribution in [0.1, 0.15) is 39.5 Å². The van der Waals surface area contributed by atoms with Gasteiger partial charge in [-0.15, -0.1) is 11.3 Å². The Hall–Kier alpha value is -2.73. The molecule has 0 aliphatic carbocycles. The second kappa shape index (κ2) is 8.31. The largest absolute Gasteiger partial charge is 0.341 e. The minimum atomic E-state index is -0.0360. The van der Waals surface area contributed by atoms with Crippen molar-refractivity contribution in [3.63, 3.8) is 0 Å². The van der Waals surface area contributed by atoms with Crippen LogP contribution in [0.3, 0.4) is 0 Å². The van der Waals surface area contributed by atoms with Gasteiger partial charge in [0.05, 0.1) is 16.3 Å². The number of benzene rings is 1. The molecule has 2 aromatic heterocycles. The van der Waals surface area contributed by atoms with E-state index in [1.165, 1.54) is 11.3 Å². The highest BCUT2D eigenvalue weighted by atomic mass is 32.1. The first-order valence-electron chi connectivity index (χ1n) is 8.88. The molecular weight excluding hydrogens is 358 g/mol. The zero-order valence-electron chi connectivity index (χ0n) is 15.8. The number of carbonyl (C=O) groups excluding carboxylic acids is 2. The molecule has 1 aromatic carbocycles. The highest BCUT2D eigenvalue weighted by Crippen LogP contribution is 2.20. The lowest BCUT2D eigenvalue weighted by Gasteiger charge is -2.17. The van der Waals surface area contributed by atoms with Gasteiger partial charge >= 0.3 is 0 Å². The fourth-order valence-electron chi connectivity index (χ4n) is 3.02. The van der Waals surface area contributed by atoms with Crippen LogP contribution in [0.15, 0.2) is 47.8 Å². The number of nitrogens with zero attached hydrogens (tertiary/aromatic N) is 3. The predicted molar refractivity (Wildman–Crippen MR) is 107 cm³/mol. The third kappa shape index (κ3) is 4.34. The second-order valence-electron chi connectivity index (χ2n) is 6.55. The SMILES string of the molecule is Cc1nn(-c2ccccc2)c(C)c1CN(C)C(=O)CCC(=O)c1cccs1. The number of para-hydroxylation sites is 1. The molecule has 0 radical (unpaired) electrons. The zero-order chi connectivity index (χ0) is 19.4. The van der Waals surface area contributed by atoms with Crippen LogP contribution in [0.2, 0.25) is 0 Å². The van der Waals surface area contributed by atoms with Crippen molar-refractivity contribution >= 4 is 23.0 Å². The van der Waals surface area contributed by atoms with E-state index >= 15 is 0 Å². The lowest BCUT2D eigenvalue weighted by molar-refractivity contribution is -0.130. The minimum absolute atomic E-state index is 0.0241. The van der Waals surface area contributed by atoms with Gasteiger partial charge in [0, 0.05) is 37.7 Å². The number of thiophene rings is 1. The third-order valence-electron chi connectivity index (χ3n) is 4.62. The van der Waals surface area contributed by atoms with E-state index in [2.05, 4.69) is 5.10 Å². The Bertz CT molecular complexity index is 930. The summed E-state index contributed by atoms with van der Waals surface area (Å²) in [4.78, 5) is 26.9. The van der Waals surface area contributed by atoms with Crippen LogP contribution in [-0.2, 0) is 11.3 Å². The normalized spacial score (nSPS) is 10.8. The van der Waals surface area contributed by atoms with Crippen molar-refractivity contribution in [2.45, 2.75) is 33.2 Å². The number of aryl methyl sites for hydroxylation is 1. The van der Waals surface area contributed by atoms with Crippen molar-refractivity contribution in [3.8, 4) is 5.69 Å². The molecule has 3 aromatic rings. The molecule has 3 rings (SSSR count). The van der Waals surface area contributed by atoms with Gasteiger partial charge in [-0.2, -0.15) is 5.10 Å². The average molecular weight is 382 g/mol. The number of Topliss-reactive ketones (excluding diaryl/α,β-unsaturated/α-hetero) is 1. The van der Waals surface area contributed by atoms with E-state index in [9.17, 15) is 9.59 Å². The molecule has 0 bridgehead atoms. The molecule has 0 atom stereocenters. The maximum absolute atomic E-state index is 12.5. The molecule has 0 fully saturated rings. The Kier molecular flexibility index (Phi) is 5.86. The first-order valence-corrected chi connectivity index (χ1v) is 9.76. The van der Waals surface area contributed by atoms with Gasteiger partial charge < -0.3 is 4.90 Å². The van der Waals surface area contributed by atoms with Crippen LogP contribution in [0.5, 0.6) is 0 Å². The van der Waals surface area contributed by atoms with Gasteiger partial charge in [-0.1, -0.05) is 24.3 Å². The van der Waals surface area contributed by atoms with Crippen LogP contribution in [0.4, 0.5) is 0 Å². The Morgan fingerprint density at radius 2 is 1.81 bits per heavy atom. The van der Waals surface area contributed by atoms with Crippen molar-refractivity contribution in [2.75, 3.05) is 7.05 Å². The Labute approximate surface area is 163 Å². The molecule has 0 aliphatic heterocycles. The summed E-state index contributed by atoms with van der Waals surface area (Å²) in [5.74, 6) is -0.0119. The van der Waals surface area contributed by atoms with Crippen molar-refractivity contribution in [3.05, 3.63) is 69.7 Å². The lowest BCUT2D eigenvalue weighted by Crippen LogP contribution is -2.27. The number of hydrogen-bond donors (Lipinski definition) is 0. The van der Waals surface area contributed by atoms with E-state index in [1.807, 2.05) is 60.3 Å². The number of ketones is 1. The van der Waals surface area contributed by atoms with E-state index < -0.39 is 0 Å². The lowest BCUT2D eigenvalue weighted by atomic mass is 10.1. The molecule has 140 valence electrons. The molecule has 5 nitrogen and oxygen atoms in total. The summed E-state index contributed by atoms with van der Waals surface area (Å²) in [5.41, 5.74) is 3.97. The molecule has 0 saturated carbocycles. The highest BCUT2D eigenvalue weighted by Gasteiger charge is 2.18. The second-order valence-corrected chi connectivity index (χ2v) is 7.49. The van der Waals surface area contributed by atoms with Crippen LogP contribution in [0, 0.1) is 13.8 Å². The number of carbonyl (C=O) groups is 2. The summed E-state index contributed by atoms with van der Waals surface area (Å²) in [7, 11) is 1.77. The number of rotatable bonds is 7. The van der Waals surface area contributed by atoms with Crippen molar-refractivity contribution in [1.29, 1.82) is 0 Å². The van der Waals surface area contributed by atoms with Gasteiger partial charge in [-0.25, -0.2) is 4.68 Å². The molecule has 0 saturated heterocycles. The predicted octanol–water partition coefficient (Wildman–Crippen LogP) is 4.17. The summed E-state index contributed by atoms with van der Waals surface area (Å²) in [6.07, 6.45) is 0.461. The average Bonchev–Trinajstić information content (AvgIpc) is 3.31. The first kappa shape index (κ1) is 19.0. The third-order valence-corrected chi connectivity index (χ3v) is 5.54. The standard InChI is InChI=1S/C21H23N3O2S/c1-15-18(16(2)24(22-15)17-8-5-4-6-9-17)14-23(3)21(26)12-11-19(25)20-10-7-13-27-20/h4-10,13H,11-12,14H2,1-3H3. The molecular formula is C21H23N3O2S. The monoisotopic (exact) mass is 381 g/mol. The molecule has 0 aliphatic rings. The summed E-state index contributed by atoms with van der Waals surface area (Å²) < 4.78 is 1.91. The van der Waals surface area contributed by atoms with Crippen molar-refractivity contribution < 1.29 is 9.59 Å². The van der Waals surface area contributed by atoms with E-state index in [0.717, 1.165) is 22.6 Å². The van der Waals surface area contributed by atoms with Gasteiger partial charge in [0.1, 0.15) is 0 Å². The Morgan fingerprint density at radius 3 is 2.48 bits per heavy atom. The van der Waals surface area contributed by atoms with Crippen LogP contribution >= 0.6 is 11.3 Å². The molecule has 6 heteroatoms. The summed E-state index contributed by atoms with van der Waals surface area (Å²) in [6.45, 7) is 4.46. The van der Waals surface area contributed by atoms with Gasteiger partial charge in [0.25, 0.3) is 0 Å². The van der Waals surface area contributed by atoms with Gasteiger partial charge in [0.2, 0.25) is 5.91 Å². The van der Waals surface area contributed by atoms with E-state index in [4.69, 9.17) is 0 Å². The molecule has 1 amide bonds. The summed E-state index contributed by atoms with van der Waals surface area (Å²) in [5, 5.41) is 6.50. The highest BCUT2D eigenvalue weighted by molar-refractivity contribution is 7.12. The zero-order valence-corrected chi connectivity index (χ0v) is 16.6.